The number of carbonyl (C=O) groups is 1. The highest BCUT2D eigenvalue weighted by Crippen LogP contribution is 2.04. The summed E-state index contributed by atoms with van der Waals surface area (Å²) in [5.41, 5.74) is 1.14. The molecule has 128 valence electrons. The Morgan fingerprint density at radius 1 is 1.22 bits per heavy atom. The van der Waals surface area contributed by atoms with E-state index in [0.717, 1.165) is 5.56 Å². The van der Waals surface area contributed by atoms with Gasteiger partial charge in [-0.3, -0.25) is 9.79 Å². The molecule has 1 aromatic carbocycles. The first-order valence-corrected chi connectivity index (χ1v) is 8.26. The van der Waals surface area contributed by atoms with Gasteiger partial charge in [0, 0.05) is 26.2 Å². The third kappa shape index (κ3) is 6.72. The van der Waals surface area contributed by atoms with Crippen molar-refractivity contribution >= 4 is 11.9 Å². The fourth-order valence-electron chi connectivity index (χ4n) is 2.03. The van der Waals surface area contributed by atoms with Crippen molar-refractivity contribution in [2.45, 2.75) is 40.3 Å². The van der Waals surface area contributed by atoms with Gasteiger partial charge in [-0.2, -0.15) is 0 Å². The molecule has 0 aliphatic carbocycles. The SMILES string of the molecule is CCN(Cc1ccccc1)C(=O)CNC(=NC)NC(C)C(C)C. The van der Waals surface area contributed by atoms with Gasteiger partial charge in [0.2, 0.25) is 5.91 Å². The zero-order valence-electron chi connectivity index (χ0n) is 15.0. The van der Waals surface area contributed by atoms with Crippen molar-refractivity contribution in [3.05, 3.63) is 35.9 Å². The second kappa shape index (κ2) is 9.87. The van der Waals surface area contributed by atoms with Gasteiger partial charge in [-0.15, -0.1) is 0 Å². The summed E-state index contributed by atoms with van der Waals surface area (Å²) in [4.78, 5) is 18.4. The van der Waals surface area contributed by atoms with Crippen LogP contribution in [0.25, 0.3) is 0 Å². The van der Waals surface area contributed by atoms with Crippen molar-refractivity contribution in [3.8, 4) is 0 Å². The molecule has 0 saturated heterocycles. The number of guanidine groups is 1. The summed E-state index contributed by atoms with van der Waals surface area (Å²) < 4.78 is 0. The highest BCUT2D eigenvalue weighted by molar-refractivity contribution is 5.86. The average Bonchev–Trinajstić information content (AvgIpc) is 2.56. The maximum Gasteiger partial charge on any atom is 0.242 e. The molecular weight excluding hydrogens is 288 g/mol. The van der Waals surface area contributed by atoms with Crippen LogP contribution in [0.2, 0.25) is 0 Å². The molecule has 1 atom stereocenters. The third-order valence-corrected chi connectivity index (χ3v) is 3.95. The van der Waals surface area contributed by atoms with E-state index in [0.29, 0.717) is 31.0 Å². The molecule has 2 N–H and O–H groups in total. The van der Waals surface area contributed by atoms with E-state index in [9.17, 15) is 4.79 Å². The van der Waals surface area contributed by atoms with Gasteiger partial charge in [-0.25, -0.2) is 0 Å². The Balaban J connectivity index is 2.52. The number of nitrogens with one attached hydrogen (secondary N) is 2. The Bertz CT molecular complexity index is 499. The van der Waals surface area contributed by atoms with Crippen LogP contribution in [-0.4, -0.2) is 42.9 Å². The van der Waals surface area contributed by atoms with Gasteiger partial charge in [0.15, 0.2) is 5.96 Å². The van der Waals surface area contributed by atoms with E-state index < -0.39 is 0 Å². The molecule has 23 heavy (non-hydrogen) atoms. The molecule has 1 aromatic rings. The van der Waals surface area contributed by atoms with E-state index in [1.54, 1.807) is 7.05 Å². The quantitative estimate of drug-likeness (QED) is 0.599. The fraction of sp³-hybridized carbons (Fsp3) is 0.556. The second-order valence-electron chi connectivity index (χ2n) is 6.00. The number of benzene rings is 1. The lowest BCUT2D eigenvalue weighted by molar-refractivity contribution is -0.130. The van der Waals surface area contributed by atoms with Gasteiger partial charge in [0.1, 0.15) is 0 Å². The molecule has 1 unspecified atom stereocenters. The number of likely N-dealkylation sites (N-methyl/N-ethyl adjacent to an activating group) is 1. The van der Waals surface area contributed by atoms with Crippen LogP contribution in [0.5, 0.6) is 0 Å². The van der Waals surface area contributed by atoms with E-state index in [4.69, 9.17) is 0 Å². The van der Waals surface area contributed by atoms with Crippen LogP contribution in [0.4, 0.5) is 0 Å². The number of amides is 1. The maximum atomic E-state index is 12.4. The Labute approximate surface area is 140 Å². The molecule has 0 radical (unpaired) electrons. The van der Waals surface area contributed by atoms with E-state index in [-0.39, 0.29) is 12.5 Å². The molecule has 0 heterocycles. The second-order valence-corrected chi connectivity index (χ2v) is 6.00. The van der Waals surface area contributed by atoms with E-state index >= 15 is 0 Å². The smallest absolute Gasteiger partial charge is 0.242 e. The van der Waals surface area contributed by atoms with E-state index in [1.807, 2.05) is 42.2 Å². The fourth-order valence-corrected chi connectivity index (χ4v) is 2.03. The van der Waals surface area contributed by atoms with Gasteiger partial charge in [0.25, 0.3) is 0 Å². The standard InChI is InChI=1S/C18H30N4O/c1-6-22(13-16-10-8-7-9-11-16)17(23)12-20-18(19-5)21-15(4)14(2)3/h7-11,14-15H,6,12-13H2,1-5H3,(H2,19,20,21). The number of hydrogen-bond acceptors (Lipinski definition) is 2. The van der Waals surface area contributed by atoms with Crippen LogP contribution in [0, 0.1) is 5.92 Å². The van der Waals surface area contributed by atoms with Crippen molar-refractivity contribution in [2.24, 2.45) is 10.9 Å². The third-order valence-electron chi connectivity index (χ3n) is 3.95. The number of hydrogen-bond donors (Lipinski definition) is 2. The zero-order valence-corrected chi connectivity index (χ0v) is 15.0. The number of rotatable bonds is 7. The maximum absolute atomic E-state index is 12.4. The summed E-state index contributed by atoms with van der Waals surface area (Å²) in [6.07, 6.45) is 0. The summed E-state index contributed by atoms with van der Waals surface area (Å²) in [6.45, 7) is 9.95. The number of aliphatic imine (C=N–C) groups is 1. The normalized spacial score (nSPS) is 12.9. The predicted molar refractivity (Wildman–Crippen MR) is 96.3 cm³/mol. The molecule has 0 saturated carbocycles. The molecule has 0 aliphatic rings. The van der Waals surface area contributed by atoms with Crippen molar-refractivity contribution in [3.63, 3.8) is 0 Å². The molecule has 5 nitrogen and oxygen atoms in total. The minimum absolute atomic E-state index is 0.0662. The lowest BCUT2D eigenvalue weighted by Crippen LogP contribution is -2.48. The van der Waals surface area contributed by atoms with Crippen LogP contribution in [0.3, 0.4) is 0 Å². The topological polar surface area (TPSA) is 56.7 Å². The van der Waals surface area contributed by atoms with Crippen molar-refractivity contribution in [2.75, 3.05) is 20.1 Å². The van der Waals surface area contributed by atoms with Gasteiger partial charge in [0.05, 0.1) is 6.54 Å². The summed E-state index contributed by atoms with van der Waals surface area (Å²) in [6, 6.07) is 10.3. The molecule has 0 aliphatic heterocycles. The molecule has 0 bridgehead atoms. The van der Waals surface area contributed by atoms with Crippen LogP contribution in [0.15, 0.2) is 35.3 Å². The van der Waals surface area contributed by atoms with Crippen molar-refractivity contribution in [1.29, 1.82) is 0 Å². The number of carbonyl (C=O) groups excluding carboxylic acids is 1. The van der Waals surface area contributed by atoms with Gasteiger partial charge in [-0.05, 0) is 25.3 Å². The van der Waals surface area contributed by atoms with Crippen molar-refractivity contribution < 1.29 is 4.79 Å². The summed E-state index contributed by atoms with van der Waals surface area (Å²) in [5, 5.41) is 6.40. The first kappa shape index (κ1) is 19.0. The number of nitrogens with zero attached hydrogens (tertiary/aromatic N) is 2. The Kier molecular flexibility index (Phi) is 8.16. The van der Waals surface area contributed by atoms with Gasteiger partial charge < -0.3 is 15.5 Å². The van der Waals surface area contributed by atoms with Crippen LogP contribution in [0.1, 0.15) is 33.3 Å². The van der Waals surface area contributed by atoms with Gasteiger partial charge >= 0.3 is 0 Å². The minimum Gasteiger partial charge on any atom is -0.354 e. The first-order valence-electron chi connectivity index (χ1n) is 8.26. The Hall–Kier alpha value is -2.04. The highest BCUT2D eigenvalue weighted by Gasteiger charge is 2.14. The molecule has 1 amide bonds. The van der Waals surface area contributed by atoms with Crippen LogP contribution in [-0.2, 0) is 11.3 Å². The Morgan fingerprint density at radius 3 is 2.39 bits per heavy atom. The Morgan fingerprint density at radius 2 is 1.87 bits per heavy atom. The molecular formula is C18H30N4O. The lowest BCUT2D eigenvalue weighted by Gasteiger charge is -2.23. The molecule has 0 spiro atoms. The van der Waals surface area contributed by atoms with Crippen LogP contribution < -0.4 is 10.6 Å². The van der Waals surface area contributed by atoms with Gasteiger partial charge in [-0.1, -0.05) is 44.2 Å². The minimum atomic E-state index is 0.0662. The molecule has 5 heteroatoms. The van der Waals surface area contributed by atoms with E-state index in [1.165, 1.54) is 0 Å². The highest BCUT2D eigenvalue weighted by atomic mass is 16.2. The first-order chi connectivity index (χ1) is 11.0. The van der Waals surface area contributed by atoms with Crippen LogP contribution >= 0.6 is 0 Å². The molecule has 0 aromatic heterocycles. The average molecular weight is 318 g/mol. The largest absolute Gasteiger partial charge is 0.354 e. The molecule has 1 rings (SSSR count). The molecule has 0 fully saturated rings. The monoisotopic (exact) mass is 318 g/mol. The predicted octanol–water partition coefficient (Wildman–Crippen LogP) is 2.24. The van der Waals surface area contributed by atoms with Crippen molar-refractivity contribution in [1.82, 2.24) is 15.5 Å². The summed E-state index contributed by atoms with van der Waals surface area (Å²) >= 11 is 0. The summed E-state index contributed by atoms with van der Waals surface area (Å²) in [7, 11) is 1.72. The summed E-state index contributed by atoms with van der Waals surface area (Å²) in [5.74, 6) is 1.22. The lowest BCUT2D eigenvalue weighted by atomic mass is 10.1. The zero-order chi connectivity index (χ0) is 17.2. The van der Waals surface area contributed by atoms with E-state index in [2.05, 4.69) is 36.4 Å².